The van der Waals surface area contributed by atoms with Crippen molar-refractivity contribution >= 4 is 29.2 Å². The first kappa shape index (κ1) is 10.2. The van der Waals surface area contributed by atoms with Gasteiger partial charge in [-0.3, -0.25) is 0 Å². The normalized spacial score (nSPS) is 11.8. The topological polar surface area (TPSA) is 9.23 Å². The molecule has 0 bridgehead atoms. The van der Waals surface area contributed by atoms with Gasteiger partial charge in [0.05, 0.1) is 0 Å². The third kappa shape index (κ3) is 3.42. The van der Waals surface area contributed by atoms with E-state index >= 15 is 0 Å². The number of hydrogen-bond acceptors (Lipinski definition) is 2. The maximum absolute atomic E-state index is 5.29. The quantitative estimate of drug-likeness (QED) is 0.514. The molecule has 0 aliphatic heterocycles. The molecule has 60 valence electrons. The molecule has 0 aliphatic carbocycles. The second-order valence-corrected chi connectivity index (χ2v) is 4.21. The highest BCUT2D eigenvalue weighted by molar-refractivity contribution is 8.10. The van der Waals surface area contributed by atoms with Crippen LogP contribution in [0.25, 0.3) is 0 Å². The zero-order valence-electron chi connectivity index (χ0n) is 6.84. The first-order valence-corrected chi connectivity index (χ1v) is 4.13. The maximum Gasteiger partial charge on any atom is 0.217 e. The lowest BCUT2D eigenvalue weighted by Gasteiger charge is -2.29. The summed E-state index contributed by atoms with van der Waals surface area (Å²) < 4.78 is 5.61. The monoisotopic (exact) mass is 178 g/mol. The number of thiol groups is 1. The molecule has 0 aliphatic rings. The van der Waals surface area contributed by atoms with Crippen LogP contribution in [0, 0.1) is 5.92 Å². The summed E-state index contributed by atoms with van der Waals surface area (Å²) in [7, 11) is 0. The number of rotatable bonds is 2. The molecule has 0 radical (unpaired) electrons. The van der Waals surface area contributed by atoms with Crippen LogP contribution in [0.1, 0.15) is 27.7 Å². The van der Waals surface area contributed by atoms with Gasteiger partial charge in [0.15, 0.2) is 0 Å². The van der Waals surface area contributed by atoms with Gasteiger partial charge in [-0.15, -0.1) is 0 Å². The highest BCUT2D eigenvalue weighted by Gasteiger charge is 2.24. The zero-order valence-corrected chi connectivity index (χ0v) is 8.55. The molecule has 0 rings (SSSR count). The molecule has 10 heavy (non-hydrogen) atoms. The third-order valence-electron chi connectivity index (χ3n) is 1.74. The molecule has 3 heteroatoms. The van der Waals surface area contributed by atoms with Gasteiger partial charge >= 0.3 is 0 Å². The molecule has 0 unspecified atom stereocenters. The first-order chi connectivity index (χ1) is 4.36. The largest absolute Gasteiger partial charge is 0.472 e. The lowest BCUT2D eigenvalue weighted by Crippen LogP contribution is -2.31. The number of hydrogen-bond donors (Lipinski definition) is 1. The molecule has 0 saturated carbocycles. The summed E-state index contributed by atoms with van der Waals surface area (Å²) >= 11 is 8.60. The van der Waals surface area contributed by atoms with Crippen LogP contribution in [0.15, 0.2) is 0 Å². The van der Waals surface area contributed by atoms with E-state index < -0.39 is 0 Å². The van der Waals surface area contributed by atoms with Crippen molar-refractivity contribution in [2.24, 2.45) is 5.92 Å². The van der Waals surface area contributed by atoms with Crippen LogP contribution >= 0.6 is 24.8 Å². The van der Waals surface area contributed by atoms with Crippen LogP contribution < -0.4 is 0 Å². The van der Waals surface area contributed by atoms with Crippen LogP contribution in [0.3, 0.4) is 0 Å². The van der Waals surface area contributed by atoms with Gasteiger partial charge in [-0.2, -0.15) is 0 Å². The van der Waals surface area contributed by atoms with Crippen molar-refractivity contribution in [2.75, 3.05) is 0 Å². The predicted octanol–water partition coefficient (Wildman–Crippen LogP) is 2.65. The van der Waals surface area contributed by atoms with Crippen LogP contribution in [-0.4, -0.2) is 9.98 Å². The van der Waals surface area contributed by atoms with Gasteiger partial charge in [0, 0.05) is 0 Å². The lowest BCUT2D eigenvalue weighted by atomic mass is 9.95. The van der Waals surface area contributed by atoms with Crippen molar-refractivity contribution in [2.45, 2.75) is 33.3 Å². The molecule has 1 nitrogen and oxygen atoms in total. The minimum atomic E-state index is -0.196. The summed E-state index contributed by atoms with van der Waals surface area (Å²) in [6.07, 6.45) is 0. The molecular formula is C7H14OS2. The average Bonchev–Trinajstić information content (AvgIpc) is 1.60. The average molecular weight is 178 g/mol. The van der Waals surface area contributed by atoms with Crippen molar-refractivity contribution < 1.29 is 4.74 Å². The Balaban J connectivity index is 3.99. The molecule has 0 N–H and O–H groups in total. The smallest absolute Gasteiger partial charge is 0.217 e. The molecule has 0 aromatic carbocycles. The van der Waals surface area contributed by atoms with E-state index in [4.69, 9.17) is 17.0 Å². The Bertz CT molecular complexity index is 130. The summed E-state index contributed by atoms with van der Waals surface area (Å²) in [4.78, 5) is 0. The Kier molecular flexibility index (Phi) is 3.66. The van der Waals surface area contributed by atoms with Gasteiger partial charge < -0.3 is 4.74 Å². The van der Waals surface area contributed by atoms with Crippen molar-refractivity contribution in [1.29, 1.82) is 0 Å². The molecule has 0 saturated heterocycles. The Labute approximate surface area is 73.6 Å². The third-order valence-corrected chi connectivity index (χ3v) is 1.92. The molecule has 0 spiro atoms. The molecule has 0 aromatic rings. The van der Waals surface area contributed by atoms with Gasteiger partial charge in [0.2, 0.25) is 4.38 Å². The van der Waals surface area contributed by atoms with Crippen molar-refractivity contribution in [3.05, 3.63) is 0 Å². The van der Waals surface area contributed by atoms with E-state index in [-0.39, 0.29) is 5.60 Å². The first-order valence-electron chi connectivity index (χ1n) is 3.28. The van der Waals surface area contributed by atoms with Crippen molar-refractivity contribution in [3.63, 3.8) is 0 Å². The standard InChI is InChI=1S/C7H14OS2/c1-5(2)7(3,4)8-6(9)10/h5H,1-4H3,(H,9,10). The van der Waals surface area contributed by atoms with Crippen LogP contribution in [0.5, 0.6) is 0 Å². The predicted molar refractivity (Wildman–Crippen MR) is 51.6 cm³/mol. The highest BCUT2D eigenvalue weighted by atomic mass is 32.1. The van der Waals surface area contributed by atoms with Gasteiger partial charge in [-0.05, 0) is 32.0 Å². The Morgan fingerprint density at radius 2 is 1.90 bits per heavy atom. The lowest BCUT2D eigenvalue weighted by molar-refractivity contribution is 0.0557. The zero-order chi connectivity index (χ0) is 8.36. The van der Waals surface area contributed by atoms with Crippen LogP contribution in [0.2, 0.25) is 0 Å². The van der Waals surface area contributed by atoms with Crippen molar-refractivity contribution in [1.82, 2.24) is 0 Å². The van der Waals surface area contributed by atoms with E-state index in [9.17, 15) is 0 Å². The summed E-state index contributed by atoms with van der Waals surface area (Å²) in [6, 6.07) is 0. The molecule has 0 amide bonds. The maximum atomic E-state index is 5.29. The number of ether oxygens (including phenoxy) is 1. The van der Waals surface area contributed by atoms with E-state index in [0.29, 0.717) is 10.3 Å². The fourth-order valence-electron chi connectivity index (χ4n) is 0.343. The fourth-order valence-corrected chi connectivity index (χ4v) is 0.793. The van der Waals surface area contributed by atoms with Gasteiger partial charge in [0.1, 0.15) is 5.60 Å². The second-order valence-electron chi connectivity index (χ2n) is 3.13. The van der Waals surface area contributed by atoms with Gasteiger partial charge in [-0.1, -0.05) is 26.5 Å². The van der Waals surface area contributed by atoms with Crippen LogP contribution in [0.4, 0.5) is 0 Å². The minimum absolute atomic E-state index is 0.196. The molecule has 0 atom stereocenters. The van der Waals surface area contributed by atoms with E-state index in [2.05, 4.69) is 26.5 Å². The molecular weight excluding hydrogens is 164 g/mol. The minimum Gasteiger partial charge on any atom is -0.472 e. The van der Waals surface area contributed by atoms with Crippen molar-refractivity contribution in [3.8, 4) is 0 Å². The summed E-state index contributed by atoms with van der Waals surface area (Å²) in [5.74, 6) is 0.442. The summed E-state index contributed by atoms with van der Waals surface area (Å²) in [5, 5.41) is 0. The highest BCUT2D eigenvalue weighted by Crippen LogP contribution is 2.21. The Morgan fingerprint density at radius 1 is 1.50 bits per heavy atom. The molecule has 0 heterocycles. The van der Waals surface area contributed by atoms with Gasteiger partial charge in [0.25, 0.3) is 0 Å². The molecule has 0 aromatic heterocycles. The summed E-state index contributed by atoms with van der Waals surface area (Å²) in [5.41, 5.74) is -0.196. The Morgan fingerprint density at radius 3 is 2.00 bits per heavy atom. The van der Waals surface area contributed by atoms with E-state index in [0.717, 1.165) is 0 Å². The Hall–Kier alpha value is 0.240. The fraction of sp³-hybridized carbons (Fsp3) is 0.857. The molecule has 0 fully saturated rings. The number of thiocarbonyl (C=S) groups is 1. The van der Waals surface area contributed by atoms with E-state index in [1.807, 2.05) is 13.8 Å². The van der Waals surface area contributed by atoms with E-state index in [1.54, 1.807) is 0 Å². The van der Waals surface area contributed by atoms with E-state index in [1.165, 1.54) is 0 Å². The second kappa shape index (κ2) is 3.58. The van der Waals surface area contributed by atoms with Crippen LogP contribution in [-0.2, 0) is 4.74 Å². The summed E-state index contributed by atoms with van der Waals surface area (Å²) in [6.45, 7) is 8.18. The van der Waals surface area contributed by atoms with Gasteiger partial charge in [-0.25, -0.2) is 0 Å². The SMILES string of the molecule is CC(C)C(C)(C)OC(=S)S.